The summed E-state index contributed by atoms with van der Waals surface area (Å²) in [6.45, 7) is 2.46. The molecule has 1 atom stereocenters. The van der Waals surface area contributed by atoms with Gasteiger partial charge in [-0.05, 0) is 30.4 Å². The Balaban J connectivity index is 2.00. The van der Waals surface area contributed by atoms with Crippen LogP contribution in [0, 0.1) is 0 Å². The molecule has 19 heavy (non-hydrogen) atoms. The Morgan fingerprint density at radius 1 is 1.47 bits per heavy atom. The van der Waals surface area contributed by atoms with Crippen molar-refractivity contribution in [1.29, 1.82) is 0 Å². The molecule has 1 aliphatic rings. The fraction of sp³-hybridized carbons (Fsp3) is 0.417. The molecule has 5 nitrogen and oxygen atoms in total. The Morgan fingerprint density at radius 2 is 2.26 bits per heavy atom. The predicted octanol–water partition coefficient (Wildman–Crippen LogP) is 1.79. The van der Waals surface area contributed by atoms with E-state index in [0.29, 0.717) is 6.54 Å². The molecule has 0 fully saturated rings. The second-order valence-electron chi connectivity index (χ2n) is 4.72. The van der Waals surface area contributed by atoms with Crippen molar-refractivity contribution in [1.82, 2.24) is 13.9 Å². The highest BCUT2D eigenvalue weighted by molar-refractivity contribution is 7.89. The molecule has 102 valence electrons. The van der Waals surface area contributed by atoms with E-state index >= 15 is 0 Å². The second kappa shape index (κ2) is 4.43. The normalized spacial score (nSPS) is 20.4. The molecule has 0 bridgehead atoms. The van der Waals surface area contributed by atoms with E-state index in [4.69, 9.17) is 0 Å². The van der Waals surface area contributed by atoms with E-state index in [1.807, 2.05) is 18.4 Å². The number of rotatable bonds is 2. The Kier molecular flexibility index (Phi) is 2.99. The molecule has 0 saturated carbocycles. The standard InChI is InChI=1S/C12H15N3O2S2/c1-9-10-4-6-18-11(10)3-5-15(9)19(16,17)12-7-14(2)8-13-12/h4,6-9H,3,5H2,1-2H3/t9-/m1/s1. The van der Waals surface area contributed by atoms with Gasteiger partial charge in [0, 0.05) is 30.7 Å². The average Bonchev–Trinajstić information content (AvgIpc) is 2.97. The molecule has 1 aliphatic heterocycles. The second-order valence-corrected chi connectivity index (χ2v) is 7.56. The first kappa shape index (κ1) is 12.8. The van der Waals surface area contributed by atoms with Crippen molar-refractivity contribution in [3.05, 3.63) is 34.4 Å². The summed E-state index contributed by atoms with van der Waals surface area (Å²) in [7, 11) is -1.74. The Hall–Kier alpha value is -1.18. The summed E-state index contributed by atoms with van der Waals surface area (Å²) in [6.07, 6.45) is 3.84. The van der Waals surface area contributed by atoms with E-state index < -0.39 is 10.0 Å². The largest absolute Gasteiger partial charge is 0.339 e. The van der Waals surface area contributed by atoms with Crippen molar-refractivity contribution < 1.29 is 8.42 Å². The minimum absolute atomic E-state index is 0.123. The number of sulfonamides is 1. The van der Waals surface area contributed by atoms with Crippen LogP contribution in [-0.4, -0.2) is 28.8 Å². The fourth-order valence-corrected chi connectivity index (χ4v) is 5.00. The first-order valence-corrected chi connectivity index (χ1v) is 8.38. The highest BCUT2D eigenvalue weighted by atomic mass is 32.2. The third-order valence-electron chi connectivity index (χ3n) is 3.48. The molecule has 0 radical (unpaired) electrons. The molecular weight excluding hydrogens is 282 g/mol. The SMILES string of the molecule is C[C@@H]1c2ccsc2CCN1S(=O)(=O)c1cn(C)cn1. The molecule has 3 heterocycles. The lowest BCUT2D eigenvalue weighted by molar-refractivity contribution is 0.328. The van der Waals surface area contributed by atoms with Crippen LogP contribution >= 0.6 is 11.3 Å². The predicted molar refractivity (Wildman–Crippen MR) is 73.5 cm³/mol. The van der Waals surface area contributed by atoms with Crippen molar-refractivity contribution >= 4 is 21.4 Å². The highest BCUT2D eigenvalue weighted by Gasteiger charge is 2.35. The van der Waals surface area contributed by atoms with Gasteiger partial charge in [0.05, 0.1) is 6.33 Å². The van der Waals surface area contributed by atoms with Crippen molar-refractivity contribution in [3.8, 4) is 0 Å². The van der Waals surface area contributed by atoms with E-state index in [9.17, 15) is 8.42 Å². The monoisotopic (exact) mass is 297 g/mol. The van der Waals surface area contributed by atoms with Gasteiger partial charge < -0.3 is 4.57 Å². The number of thiophene rings is 1. The summed E-state index contributed by atoms with van der Waals surface area (Å²) in [6, 6.07) is 1.90. The zero-order valence-corrected chi connectivity index (χ0v) is 12.4. The molecule has 0 aromatic carbocycles. The molecule has 0 aliphatic carbocycles. The molecular formula is C12H15N3O2S2. The molecule has 0 N–H and O–H groups in total. The van der Waals surface area contributed by atoms with Gasteiger partial charge in [0.1, 0.15) is 0 Å². The third kappa shape index (κ3) is 2.01. The van der Waals surface area contributed by atoms with E-state index in [0.717, 1.165) is 12.0 Å². The first-order valence-electron chi connectivity index (χ1n) is 6.06. The van der Waals surface area contributed by atoms with Crippen molar-refractivity contribution in [2.24, 2.45) is 7.05 Å². The number of fused-ring (bicyclic) bond motifs is 1. The van der Waals surface area contributed by atoms with Crippen LogP contribution in [0.5, 0.6) is 0 Å². The van der Waals surface area contributed by atoms with Crippen LogP contribution in [0.1, 0.15) is 23.4 Å². The summed E-state index contributed by atoms with van der Waals surface area (Å²) in [5.41, 5.74) is 1.12. The minimum Gasteiger partial charge on any atom is -0.339 e. The number of hydrogen-bond acceptors (Lipinski definition) is 4. The van der Waals surface area contributed by atoms with Crippen LogP contribution in [0.25, 0.3) is 0 Å². The van der Waals surface area contributed by atoms with Gasteiger partial charge >= 0.3 is 0 Å². The molecule has 7 heteroatoms. The molecule has 2 aromatic rings. The van der Waals surface area contributed by atoms with E-state index in [2.05, 4.69) is 4.98 Å². The number of imidazole rings is 1. The molecule has 2 aromatic heterocycles. The van der Waals surface area contributed by atoms with Gasteiger partial charge in [0.2, 0.25) is 0 Å². The number of hydrogen-bond donors (Lipinski definition) is 0. The van der Waals surface area contributed by atoms with Gasteiger partial charge in [-0.1, -0.05) is 0 Å². The summed E-state index contributed by atoms with van der Waals surface area (Å²) < 4.78 is 28.4. The van der Waals surface area contributed by atoms with Gasteiger partial charge in [-0.3, -0.25) is 0 Å². The maximum Gasteiger partial charge on any atom is 0.262 e. The lowest BCUT2D eigenvalue weighted by Crippen LogP contribution is -2.38. The van der Waals surface area contributed by atoms with Gasteiger partial charge in [-0.25, -0.2) is 13.4 Å². The third-order valence-corrected chi connectivity index (χ3v) is 6.33. The zero-order valence-electron chi connectivity index (χ0n) is 10.8. The fourth-order valence-electron chi connectivity index (χ4n) is 2.46. The lowest BCUT2D eigenvalue weighted by atomic mass is 10.0. The number of aromatic nitrogens is 2. The van der Waals surface area contributed by atoms with Gasteiger partial charge in [0.15, 0.2) is 5.03 Å². The Bertz CT molecular complexity index is 702. The summed E-state index contributed by atoms with van der Waals surface area (Å²) in [4.78, 5) is 5.27. The van der Waals surface area contributed by atoms with Gasteiger partial charge in [-0.15, -0.1) is 11.3 Å². The van der Waals surface area contributed by atoms with Crippen LogP contribution < -0.4 is 0 Å². The lowest BCUT2D eigenvalue weighted by Gasteiger charge is -2.31. The van der Waals surface area contributed by atoms with Gasteiger partial charge in [-0.2, -0.15) is 4.31 Å². The summed E-state index contributed by atoms with van der Waals surface area (Å²) in [5.74, 6) is 0. The van der Waals surface area contributed by atoms with Crippen molar-refractivity contribution in [3.63, 3.8) is 0 Å². The van der Waals surface area contributed by atoms with Crippen LogP contribution in [0.2, 0.25) is 0 Å². The molecule has 0 unspecified atom stereocenters. The zero-order chi connectivity index (χ0) is 13.6. The van der Waals surface area contributed by atoms with Crippen molar-refractivity contribution in [2.45, 2.75) is 24.4 Å². The number of nitrogens with zero attached hydrogens (tertiary/aromatic N) is 3. The Morgan fingerprint density at radius 3 is 2.95 bits per heavy atom. The maximum absolute atomic E-state index is 12.6. The van der Waals surface area contributed by atoms with E-state index in [1.54, 1.807) is 33.5 Å². The topological polar surface area (TPSA) is 55.2 Å². The van der Waals surface area contributed by atoms with E-state index in [-0.39, 0.29) is 11.1 Å². The maximum atomic E-state index is 12.6. The molecule has 0 spiro atoms. The van der Waals surface area contributed by atoms with E-state index in [1.165, 1.54) is 11.2 Å². The highest BCUT2D eigenvalue weighted by Crippen LogP contribution is 2.35. The summed E-state index contributed by atoms with van der Waals surface area (Å²) in [5, 5.41) is 2.15. The van der Waals surface area contributed by atoms with Crippen LogP contribution in [0.3, 0.4) is 0 Å². The summed E-state index contributed by atoms with van der Waals surface area (Å²) >= 11 is 1.70. The number of aryl methyl sites for hydroxylation is 1. The molecule has 0 amide bonds. The van der Waals surface area contributed by atoms with Crippen LogP contribution in [0.15, 0.2) is 29.0 Å². The molecule has 0 saturated heterocycles. The van der Waals surface area contributed by atoms with Crippen LogP contribution in [-0.2, 0) is 23.5 Å². The first-order chi connectivity index (χ1) is 9.00. The quantitative estimate of drug-likeness (QED) is 0.849. The molecule has 3 rings (SSSR count). The average molecular weight is 297 g/mol. The smallest absolute Gasteiger partial charge is 0.262 e. The Labute approximate surface area is 116 Å². The van der Waals surface area contributed by atoms with Gasteiger partial charge in [0.25, 0.3) is 10.0 Å². The minimum atomic E-state index is -3.50. The van der Waals surface area contributed by atoms with Crippen molar-refractivity contribution in [2.75, 3.05) is 6.54 Å². The van der Waals surface area contributed by atoms with Crippen LogP contribution in [0.4, 0.5) is 0 Å².